The van der Waals surface area contributed by atoms with Crippen LogP contribution in [0.15, 0.2) is 116 Å². The Bertz CT molecular complexity index is 1650. The van der Waals surface area contributed by atoms with Crippen molar-refractivity contribution in [3.05, 3.63) is 169 Å². The number of rotatable bonds is 2. The molecule has 6 aromatic rings. The number of hydrogen-bond acceptors (Lipinski definition) is 4. The molecule has 45 heavy (non-hydrogen) atoms. The van der Waals surface area contributed by atoms with Crippen LogP contribution in [0.5, 0.6) is 0 Å². The van der Waals surface area contributed by atoms with Crippen LogP contribution in [-0.2, 0) is 42.1 Å². The van der Waals surface area contributed by atoms with E-state index in [1.54, 1.807) is 60.9 Å². The Morgan fingerprint density at radius 3 is 1.27 bits per heavy atom. The maximum Gasteiger partial charge on any atom is 0.212 e. The van der Waals surface area contributed by atoms with Crippen LogP contribution in [0.4, 0.5) is 26.3 Å². The third-order valence-electron chi connectivity index (χ3n) is 5.06. The largest absolute Gasteiger partial charge is 0.305 e. The molecule has 0 fully saturated rings. The van der Waals surface area contributed by atoms with Crippen molar-refractivity contribution in [1.82, 2.24) is 19.9 Å². The normalized spacial score (nSPS) is 9.31. The van der Waals surface area contributed by atoms with Crippen molar-refractivity contribution in [2.45, 2.75) is 6.92 Å². The van der Waals surface area contributed by atoms with Gasteiger partial charge in [-0.3, -0.25) is 17.6 Å². The van der Waals surface area contributed by atoms with E-state index in [1.165, 1.54) is 24.5 Å². The molecule has 0 saturated carbocycles. The fourth-order valence-electron chi connectivity index (χ4n) is 3.09. The summed E-state index contributed by atoms with van der Waals surface area (Å²) in [5.74, 6) is -3.43. The third kappa shape index (κ3) is 14.1. The van der Waals surface area contributed by atoms with E-state index in [-0.39, 0.29) is 53.3 Å². The first-order valence-corrected chi connectivity index (χ1v) is 12.4. The summed E-state index contributed by atoms with van der Waals surface area (Å²) in [5.41, 5.74) is 2.27. The maximum atomic E-state index is 13.3. The number of hydrogen-bond donors (Lipinski definition) is 0. The Hall–Kier alpha value is -4.00. The number of nitrogens with zero attached hydrogens (tertiary/aromatic N) is 4. The minimum atomic E-state index is -0.649. The maximum absolute atomic E-state index is 13.3. The van der Waals surface area contributed by atoms with E-state index in [4.69, 9.17) is 0 Å². The van der Waals surface area contributed by atoms with Crippen molar-refractivity contribution in [1.29, 1.82) is 0 Å². The van der Waals surface area contributed by atoms with Gasteiger partial charge in [-0.2, -0.15) is 8.78 Å². The van der Waals surface area contributed by atoms with Gasteiger partial charge in [0.1, 0.15) is 0 Å². The summed E-state index contributed by atoms with van der Waals surface area (Å²) in [6, 6.07) is 26.6. The Balaban J connectivity index is 0.000000312. The van der Waals surface area contributed by atoms with E-state index < -0.39 is 35.2 Å². The molecule has 238 valence electrons. The molecular weight excluding hydrogens is 957 g/mol. The fourth-order valence-corrected chi connectivity index (χ4v) is 3.09. The molecule has 0 aliphatic rings. The molecule has 0 aliphatic carbocycles. The summed E-state index contributed by atoms with van der Waals surface area (Å²) in [4.78, 5) is 14.6. The molecular formula is C33H22F6N4Pt2-2. The summed E-state index contributed by atoms with van der Waals surface area (Å²) in [6.07, 6.45) is 6.00. The van der Waals surface area contributed by atoms with Crippen molar-refractivity contribution in [2.75, 3.05) is 0 Å². The molecule has 0 unspecified atom stereocenters. The van der Waals surface area contributed by atoms with Gasteiger partial charge in [0.05, 0.1) is 0 Å². The van der Waals surface area contributed by atoms with Gasteiger partial charge in [-0.15, -0.1) is 24.3 Å². The standard InChI is InChI=1S/C12H8F2N.C11H6F2N.2C5H4FN.2Pt/c1-8-2-5-12(15-7-8)10-4-3-9(13)6-11(10)14;12-8-4-5-9(10(13)7-8)11-3-1-2-6-14-11;2*6-5-3-1-2-4-7-5;;/h2-3,5-7H,1H3;1-4,6-7H;2*1-4H;;/q2*-1;;;;. The molecule has 4 nitrogen and oxygen atoms in total. The van der Waals surface area contributed by atoms with Crippen LogP contribution in [0.3, 0.4) is 0 Å². The second-order valence-corrected chi connectivity index (χ2v) is 8.32. The molecule has 0 spiro atoms. The summed E-state index contributed by atoms with van der Waals surface area (Å²) in [6.45, 7) is 1.89. The SMILES string of the molecule is Cc1ccc(-c2[c-]cc(F)cc2F)nc1.Fc1c[c-]c(-c2ccccn2)c(F)c1.Fc1ccccn1.Fc1ccccn1.[Pt].[Pt]. The van der Waals surface area contributed by atoms with Crippen LogP contribution >= 0.6 is 0 Å². The molecule has 12 heteroatoms. The van der Waals surface area contributed by atoms with E-state index in [1.807, 2.05) is 13.0 Å². The second-order valence-electron chi connectivity index (χ2n) is 8.32. The Kier molecular flexibility index (Phi) is 18.1. The summed E-state index contributed by atoms with van der Waals surface area (Å²) >= 11 is 0. The monoisotopic (exact) mass is 978 g/mol. The van der Waals surface area contributed by atoms with Gasteiger partial charge >= 0.3 is 0 Å². The molecule has 4 heterocycles. The number of aryl methyl sites for hydroxylation is 1. The summed E-state index contributed by atoms with van der Waals surface area (Å²) in [5, 5.41) is 0. The van der Waals surface area contributed by atoms with E-state index in [2.05, 4.69) is 32.1 Å². The Morgan fingerprint density at radius 2 is 0.956 bits per heavy atom. The Morgan fingerprint density at radius 1 is 0.511 bits per heavy atom. The first kappa shape index (κ1) is 39.0. The van der Waals surface area contributed by atoms with Gasteiger partial charge in [0.2, 0.25) is 11.9 Å². The van der Waals surface area contributed by atoms with Gasteiger partial charge in [0.15, 0.2) is 0 Å². The fraction of sp³-hybridized carbons (Fsp3) is 0.0303. The molecule has 0 radical (unpaired) electrons. The zero-order valence-corrected chi connectivity index (χ0v) is 27.7. The first-order valence-electron chi connectivity index (χ1n) is 12.4. The Labute approximate surface area is 285 Å². The summed E-state index contributed by atoms with van der Waals surface area (Å²) < 4.78 is 75.3. The van der Waals surface area contributed by atoms with Crippen LogP contribution in [0, 0.1) is 54.2 Å². The van der Waals surface area contributed by atoms with Crippen LogP contribution in [0.2, 0.25) is 0 Å². The zero-order chi connectivity index (χ0) is 31.0. The molecule has 0 bridgehead atoms. The number of benzene rings is 2. The topological polar surface area (TPSA) is 51.6 Å². The van der Waals surface area contributed by atoms with Crippen molar-refractivity contribution >= 4 is 0 Å². The average Bonchev–Trinajstić information content (AvgIpc) is 3.00. The van der Waals surface area contributed by atoms with Crippen LogP contribution in [-0.4, -0.2) is 19.9 Å². The molecule has 0 amide bonds. The van der Waals surface area contributed by atoms with Crippen LogP contribution in [0.1, 0.15) is 5.56 Å². The van der Waals surface area contributed by atoms with Gasteiger partial charge < -0.3 is 9.97 Å². The number of halogens is 6. The molecule has 0 saturated heterocycles. The van der Waals surface area contributed by atoms with Crippen LogP contribution in [0.25, 0.3) is 22.5 Å². The molecule has 4 aromatic heterocycles. The predicted molar refractivity (Wildman–Crippen MR) is 150 cm³/mol. The first-order chi connectivity index (χ1) is 20.7. The van der Waals surface area contributed by atoms with Crippen molar-refractivity contribution < 1.29 is 68.5 Å². The number of pyridine rings is 4. The minimum absolute atomic E-state index is 0. The van der Waals surface area contributed by atoms with Crippen LogP contribution < -0.4 is 0 Å². The smallest absolute Gasteiger partial charge is 0.212 e. The second kappa shape index (κ2) is 20.9. The van der Waals surface area contributed by atoms with E-state index in [0.29, 0.717) is 11.4 Å². The van der Waals surface area contributed by atoms with Crippen molar-refractivity contribution in [2.24, 2.45) is 0 Å². The summed E-state index contributed by atoms with van der Waals surface area (Å²) in [7, 11) is 0. The number of aromatic nitrogens is 4. The van der Waals surface area contributed by atoms with Crippen molar-refractivity contribution in [3.8, 4) is 22.5 Å². The van der Waals surface area contributed by atoms with Gasteiger partial charge in [-0.1, -0.05) is 59.7 Å². The predicted octanol–water partition coefficient (Wildman–Crippen LogP) is 8.40. The van der Waals surface area contributed by atoms with Crippen molar-refractivity contribution in [3.63, 3.8) is 0 Å². The zero-order valence-electron chi connectivity index (χ0n) is 23.2. The molecule has 0 N–H and O–H groups in total. The molecule has 0 aliphatic heterocycles. The molecule has 2 aromatic carbocycles. The van der Waals surface area contributed by atoms with Gasteiger partial charge in [0, 0.05) is 90.2 Å². The van der Waals surface area contributed by atoms with Gasteiger partial charge in [-0.25, -0.2) is 9.97 Å². The minimum Gasteiger partial charge on any atom is -0.305 e. The van der Waals surface area contributed by atoms with Gasteiger partial charge in [-0.05, 0) is 54.2 Å². The van der Waals surface area contributed by atoms with E-state index in [0.717, 1.165) is 29.8 Å². The average molecular weight is 979 g/mol. The quantitative estimate of drug-likeness (QED) is 0.0995. The third-order valence-corrected chi connectivity index (χ3v) is 5.06. The molecule has 0 atom stereocenters. The van der Waals surface area contributed by atoms with E-state index in [9.17, 15) is 26.3 Å². The van der Waals surface area contributed by atoms with E-state index >= 15 is 0 Å². The molecule has 6 rings (SSSR count). The van der Waals surface area contributed by atoms with Gasteiger partial charge in [0.25, 0.3) is 0 Å².